The van der Waals surface area contributed by atoms with Crippen LogP contribution in [0.15, 0.2) is 0 Å². The second-order valence-corrected chi connectivity index (χ2v) is 5.77. The number of likely N-dealkylation sites (N-methyl/N-ethyl adjacent to an activating group) is 1. The minimum absolute atomic E-state index is 0.204. The molecule has 120 valence electrons. The van der Waals surface area contributed by atoms with Gasteiger partial charge < -0.3 is 10.6 Å². The standard InChI is InChI=1S/C15H27N3O3/c1-4-6-7-8-9-10-15(3)13(20)18(14(21)17-15)11-12(19)16-5-2/h4-11H2,1-3H3,(H,16,19)(H,17,21)/t15-/m0/s1. The first kappa shape index (κ1) is 17.5. The topological polar surface area (TPSA) is 78.5 Å². The van der Waals surface area contributed by atoms with Gasteiger partial charge in [-0.15, -0.1) is 0 Å². The Morgan fingerprint density at radius 1 is 1.19 bits per heavy atom. The third kappa shape index (κ3) is 4.72. The number of rotatable bonds is 9. The predicted octanol–water partition coefficient (Wildman–Crippen LogP) is 1.79. The summed E-state index contributed by atoms with van der Waals surface area (Å²) < 4.78 is 0. The number of carbonyl (C=O) groups excluding carboxylic acids is 3. The third-order valence-electron chi connectivity index (χ3n) is 3.80. The smallest absolute Gasteiger partial charge is 0.325 e. The third-order valence-corrected chi connectivity index (χ3v) is 3.80. The molecule has 1 fully saturated rings. The van der Waals surface area contributed by atoms with Gasteiger partial charge in [0.2, 0.25) is 5.91 Å². The van der Waals surface area contributed by atoms with E-state index >= 15 is 0 Å². The fraction of sp³-hybridized carbons (Fsp3) is 0.800. The second-order valence-electron chi connectivity index (χ2n) is 5.77. The van der Waals surface area contributed by atoms with Crippen LogP contribution in [0, 0.1) is 0 Å². The molecule has 2 N–H and O–H groups in total. The van der Waals surface area contributed by atoms with Crippen LogP contribution in [0.1, 0.15) is 59.3 Å². The molecule has 0 aromatic carbocycles. The largest absolute Gasteiger partial charge is 0.355 e. The van der Waals surface area contributed by atoms with Crippen molar-refractivity contribution in [3.05, 3.63) is 0 Å². The molecule has 1 rings (SSSR count). The van der Waals surface area contributed by atoms with Gasteiger partial charge in [0, 0.05) is 6.54 Å². The molecular weight excluding hydrogens is 270 g/mol. The zero-order valence-corrected chi connectivity index (χ0v) is 13.3. The van der Waals surface area contributed by atoms with Crippen LogP contribution >= 0.6 is 0 Å². The van der Waals surface area contributed by atoms with Gasteiger partial charge in [0.15, 0.2) is 0 Å². The van der Waals surface area contributed by atoms with Crippen LogP contribution in [-0.2, 0) is 9.59 Å². The van der Waals surface area contributed by atoms with Crippen LogP contribution in [0.25, 0.3) is 0 Å². The molecule has 1 aliphatic rings. The summed E-state index contributed by atoms with van der Waals surface area (Å²) in [6.07, 6.45) is 6.10. The molecule has 0 aliphatic carbocycles. The fourth-order valence-corrected chi connectivity index (χ4v) is 2.54. The van der Waals surface area contributed by atoms with Crippen molar-refractivity contribution >= 4 is 17.8 Å². The molecule has 1 atom stereocenters. The van der Waals surface area contributed by atoms with E-state index in [0.29, 0.717) is 13.0 Å². The molecule has 1 heterocycles. The Morgan fingerprint density at radius 3 is 2.48 bits per heavy atom. The molecular formula is C15H27N3O3. The van der Waals surface area contributed by atoms with Crippen LogP contribution in [0.4, 0.5) is 4.79 Å². The van der Waals surface area contributed by atoms with Gasteiger partial charge in [-0.2, -0.15) is 0 Å². The predicted molar refractivity (Wildman–Crippen MR) is 80.7 cm³/mol. The summed E-state index contributed by atoms with van der Waals surface area (Å²) in [6.45, 7) is 5.97. The maximum Gasteiger partial charge on any atom is 0.325 e. The van der Waals surface area contributed by atoms with Crippen LogP contribution in [0.5, 0.6) is 0 Å². The number of urea groups is 1. The first-order valence-electron chi connectivity index (χ1n) is 7.85. The molecule has 0 saturated carbocycles. The number of imide groups is 1. The van der Waals surface area contributed by atoms with Gasteiger partial charge in [-0.05, 0) is 20.3 Å². The minimum Gasteiger partial charge on any atom is -0.355 e. The van der Waals surface area contributed by atoms with Gasteiger partial charge in [-0.1, -0.05) is 39.0 Å². The average Bonchev–Trinajstić information content (AvgIpc) is 2.63. The number of hydrogen-bond donors (Lipinski definition) is 2. The normalized spacial score (nSPS) is 21.6. The molecule has 4 amide bonds. The Hall–Kier alpha value is -1.59. The van der Waals surface area contributed by atoms with Gasteiger partial charge in [-0.3, -0.25) is 14.5 Å². The summed E-state index contributed by atoms with van der Waals surface area (Å²) in [5.74, 6) is -0.609. The Labute approximate surface area is 126 Å². The summed E-state index contributed by atoms with van der Waals surface area (Å²) in [6, 6.07) is -0.470. The second kappa shape index (κ2) is 8.00. The first-order chi connectivity index (χ1) is 9.94. The van der Waals surface area contributed by atoms with Crippen LogP contribution in [-0.4, -0.2) is 41.4 Å². The number of amides is 4. The van der Waals surface area contributed by atoms with Crippen molar-refractivity contribution < 1.29 is 14.4 Å². The van der Waals surface area contributed by atoms with E-state index in [0.717, 1.165) is 24.2 Å². The van der Waals surface area contributed by atoms with Crippen molar-refractivity contribution in [2.45, 2.75) is 64.8 Å². The molecule has 1 aliphatic heterocycles. The van der Waals surface area contributed by atoms with E-state index < -0.39 is 11.6 Å². The summed E-state index contributed by atoms with van der Waals surface area (Å²) in [4.78, 5) is 36.8. The van der Waals surface area contributed by atoms with Gasteiger partial charge in [0.25, 0.3) is 5.91 Å². The number of carbonyl (C=O) groups is 3. The van der Waals surface area contributed by atoms with E-state index in [9.17, 15) is 14.4 Å². The van der Waals surface area contributed by atoms with Crippen molar-refractivity contribution in [2.75, 3.05) is 13.1 Å². The maximum atomic E-state index is 12.4. The van der Waals surface area contributed by atoms with Crippen molar-refractivity contribution in [3.63, 3.8) is 0 Å². The van der Waals surface area contributed by atoms with Gasteiger partial charge in [0.1, 0.15) is 12.1 Å². The van der Waals surface area contributed by atoms with Crippen LogP contribution < -0.4 is 10.6 Å². The minimum atomic E-state index is -0.865. The molecule has 0 radical (unpaired) electrons. The lowest BCUT2D eigenvalue weighted by atomic mass is 9.94. The summed E-state index contributed by atoms with van der Waals surface area (Å²) in [7, 11) is 0. The number of nitrogens with one attached hydrogen (secondary N) is 2. The summed E-state index contributed by atoms with van der Waals surface area (Å²) in [5.41, 5.74) is -0.865. The van der Waals surface area contributed by atoms with Crippen molar-refractivity contribution in [1.29, 1.82) is 0 Å². The van der Waals surface area contributed by atoms with E-state index in [1.165, 1.54) is 12.8 Å². The van der Waals surface area contributed by atoms with Crippen molar-refractivity contribution in [2.24, 2.45) is 0 Å². The fourth-order valence-electron chi connectivity index (χ4n) is 2.54. The first-order valence-corrected chi connectivity index (χ1v) is 7.85. The highest BCUT2D eigenvalue weighted by molar-refractivity contribution is 6.08. The van der Waals surface area contributed by atoms with Crippen LogP contribution in [0.3, 0.4) is 0 Å². The zero-order chi connectivity index (χ0) is 15.9. The van der Waals surface area contributed by atoms with E-state index in [1.807, 2.05) is 0 Å². The average molecular weight is 297 g/mol. The zero-order valence-electron chi connectivity index (χ0n) is 13.3. The highest BCUT2D eigenvalue weighted by atomic mass is 16.2. The molecule has 0 aromatic rings. The van der Waals surface area contributed by atoms with Gasteiger partial charge >= 0.3 is 6.03 Å². The molecule has 6 nitrogen and oxygen atoms in total. The number of hydrogen-bond acceptors (Lipinski definition) is 3. The summed E-state index contributed by atoms with van der Waals surface area (Å²) in [5, 5.41) is 5.32. The number of unbranched alkanes of at least 4 members (excludes halogenated alkanes) is 4. The SMILES string of the molecule is CCCCCCC[C@]1(C)NC(=O)N(CC(=O)NCC)C1=O. The van der Waals surface area contributed by atoms with E-state index in [4.69, 9.17) is 0 Å². The molecule has 0 spiro atoms. The molecule has 21 heavy (non-hydrogen) atoms. The van der Waals surface area contributed by atoms with E-state index in [1.54, 1.807) is 13.8 Å². The highest BCUT2D eigenvalue weighted by Gasteiger charge is 2.47. The Morgan fingerprint density at radius 2 is 1.86 bits per heavy atom. The molecule has 1 saturated heterocycles. The Kier molecular flexibility index (Phi) is 6.65. The summed E-state index contributed by atoms with van der Waals surface area (Å²) >= 11 is 0. The van der Waals surface area contributed by atoms with Crippen molar-refractivity contribution in [1.82, 2.24) is 15.5 Å². The van der Waals surface area contributed by atoms with Gasteiger partial charge in [0.05, 0.1) is 0 Å². The monoisotopic (exact) mass is 297 g/mol. The molecule has 0 unspecified atom stereocenters. The molecule has 6 heteroatoms. The maximum absolute atomic E-state index is 12.4. The lowest BCUT2D eigenvalue weighted by molar-refractivity contribution is -0.134. The molecule has 0 aromatic heterocycles. The lowest BCUT2D eigenvalue weighted by Crippen LogP contribution is -2.45. The van der Waals surface area contributed by atoms with E-state index in [2.05, 4.69) is 17.6 Å². The van der Waals surface area contributed by atoms with Crippen molar-refractivity contribution in [3.8, 4) is 0 Å². The number of nitrogens with zero attached hydrogens (tertiary/aromatic N) is 1. The quantitative estimate of drug-likeness (QED) is 0.503. The Balaban J connectivity index is 2.51. The van der Waals surface area contributed by atoms with Crippen LogP contribution in [0.2, 0.25) is 0 Å². The van der Waals surface area contributed by atoms with Gasteiger partial charge in [-0.25, -0.2) is 4.79 Å². The Bertz CT molecular complexity index is 398. The van der Waals surface area contributed by atoms with E-state index in [-0.39, 0.29) is 18.4 Å². The lowest BCUT2D eigenvalue weighted by Gasteiger charge is -2.21. The highest BCUT2D eigenvalue weighted by Crippen LogP contribution is 2.24. The molecule has 0 bridgehead atoms.